The van der Waals surface area contributed by atoms with E-state index in [0.29, 0.717) is 30.2 Å². The zero-order valence-electron chi connectivity index (χ0n) is 42.4. The molecule has 0 saturated carbocycles. The summed E-state index contributed by atoms with van der Waals surface area (Å²) in [5.41, 5.74) is 0. The van der Waals surface area contributed by atoms with E-state index in [1.165, 1.54) is 0 Å². The Morgan fingerprint density at radius 3 is 0.797 bits per heavy atom. The molecule has 0 aliphatic carbocycles. The molecule has 0 rings (SSSR count). The van der Waals surface area contributed by atoms with Crippen LogP contribution in [0.1, 0.15) is 0 Å². The van der Waals surface area contributed by atoms with Crippen molar-refractivity contribution in [3.8, 4) is 0 Å². The van der Waals surface area contributed by atoms with Gasteiger partial charge in [0.15, 0.2) is 86.8 Å². The first-order valence-electron chi connectivity index (χ1n) is 22.0. The van der Waals surface area contributed by atoms with E-state index in [1.54, 1.807) is 21.3 Å². The third kappa shape index (κ3) is 26.4. The summed E-state index contributed by atoms with van der Waals surface area (Å²) >= 11 is 0. The van der Waals surface area contributed by atoms with Gasteiger partial charge in [0, 0.05) is 45.5 Å². The summed E-state index contributed by atoms with van der Waals surface area (Å²) in [7, 11) is -26.9. The van der Waals surface area contributed by atoms with Crippen LogP contribution in [-0.4, -0.2) is 148 Å². The molecule has 0 heterocycles. The normalized spacial score (nSPS) is 15.4. The first-order valence-corrected chi connectivity index (χ1v) is 59.5. The highest BCUT2D eigenvalue weighted by Crippen LogP contribution is 2.38. The van der Waals surface area contributed by atoms with Crippen LogP contribution in [0.5, 0.6) is 0 Å². The molecule has 1 unspecified atom stereocenters. The van der Waals surface area contributed by atoms with E-state index in [-0.39, 0.29) is 0 Å². The maximum absolute atomic E-state index is 11.0. The SMILES string of the molecule is CO[Si](CC[Si](C)(C)O[Si](CC[SiH](C)O)(O[Si](C)(C)CC[Si](OC)(O[SiH](C)C)O[SiH](C)C)O[Si](C)(C)CC[Si](OC)(O[Si](C)(C)C)O[Si](C)(C)C)(O[SiH](C)C)O[SiH](C)C. The van der Waals surface area contributed by atoms with Crippen molar-refractivity contribution in [1.29, 1.82) is 0 Å². The van der Waals surface area contributed by atoms with Crippen molar-refractivity contribution >= 4 is 122 Å². The average Bonchev–Trinajstić information content (AvgIpc) is 3.01. The second kappa shape index (κ2) is 25.6. The lowest BCUT2D eigenvalue weighted by Gasteiger charge is -2.46. The van der Waals surface area contributed by atoms with Crippen molar-refractivity contribution in [3.05, 3.63) is 0 Å². The highest BCUT2D eigenvalue weighted by atomic mass is 28.5. The highest BCUT2D eigenvalue weighted by Gasteiger charge is 2.56. The monoisotopic (exact) mass is 1080 g/mol. The lowest BCUT2D eigenvalue weighted by molar-refractivity contribution is 0.199. The zero-order chi connectivity index (χ0) is 46.5. The fraction of sp³-hybridized carbons (Fsp3) is 1.00. The van der Waals surface area contributed by atoms with Crippen LogP contribution in [-0.2, 0) is 50.3 Å². The molecule has 1 N–H and O–H groups in total. The lowest BCUT2D eigenvalue weighted by Crippen LogP contribution is -2.63. The maximum Gasteiger partial charge on any atom is 0.479 e. The van der Waals surface area contributed by atoms with Crippen LogP contribution in [0.3, 0.4) is 0 Å². The lowest BCUT2D eigenvalue weighted by atomic mass is 10.9. The van der Waals surface area contributed by atoms with Gasteiger partial charge in [-0.3, -0.25) is 0 Å². The van der Waals surface area contributed by atoms with E-state index in [0.717, 1.165) is 18.1 Å². The molecular weight excluding hydrogens is 986 g/mol. The Kier molecular flexibility index (Phi) is 26.7. The Labute approximate surface area is 381 Å². The molecule has 0 radical (unpaired) electrons. The molecule has 0 aliphatic rings. The van der Waals surface area contributed by atoms with Gasteiger partial charge in [0.1, 0.15) is 0 Å². The fourth-order valence-electron chi connectivity index (χ4n) is 6.75. The van der Waals surface area contributed by atoms with Gasteiger partial charge in [-0.2, -0.15) is 0 Å². The number of hydrogen-bond acceptors (Lipinski definition) is 13. The zero-order valence-corrected chi connectivity index (χ0v) is 57.2. The Hall–Kier alpha value is 2.52. The third-order valence-electron chi connectivity index (χ3n) is 8.78. The quantitative estimate of drug-likeness (QED) is 0.0633. The molecule has 59 heavy (non-hydrogen) atoms. The van der Waals surface area contributed by atoms with E-state index in [2.05, 4.69) is 131 Å². The van der Waals surface area contributed by atoms with Crippen LogP contribution in [0.15, 0.2) is 0 Å². The van der Waals surface area contributed by atoms with Gasteiger partial charge in [0.05, 0.1) is 0 Å². The summed E-state index contributed by atoms with van der Waals surface area (Å²) in [4.78, 5) is 11.0. The van der Waals surface area contributed by atoms with Gasteiger partial charge in [0.25, 0.3) is 0 Å². The van der Waals surface area contributed by atoms with Crippen molar-refractivity contribution in [2.75, 3.05) is 21.3 Å². The van der Waals surface area contributed by atoms with Crippen LogP contribution in [0, 0.1) is 0 Å². The van der Waals surface area contributed by atoms with Gasteiger partial charge in [-0.1, -0.05) is 0 Å². The summed E-state index contributed by atoms with van der Waals surface area (Å²) in [5.74, 6) is 0. The largest absolute Gasteiger partial charge is 0.479 e. The molecular formula is C32H94O13Si14. The number of rotatable bonds is 33. The molecule has 356 valence electrons. The maximum atomic E-state index is 11.0. The molecule has 0 spiro atoms. The Morgan fingerprint density at radius 1 is 0.339 bits per heavy atom. The summed E-state index contributed by atoms with van der Waals surface area (Å²) < 4.78 is 82.1. The minimum Gasteiger partial charge on any atom is -0.435 e. The van der Waals surface area contributed by atoms with Crippen molar-refractivity contribution in [2.24, 2.45) is 0 Å². The van der Waals surface area contributed by atoms with Gasteiger partial charge in [-0.25, -0.2) is 0 Å². The standard InChI is InChI=1S/C32H94O13Si14/c1-34-56(37-46(4)5,38-47(6)7)30-27-53(19,20)43-59(26-25-50(12)33,44-54(21,22)28-31-57(35-2,39-48(8)9)40-49(10)11)45-55(23,24)29-32-58(36-3,41-51(13,14)15)42-52(16,17)18/h33,46-50H,25-32H2,1-24H3. The fourth-order valence-corrected chi connectivity index (χ4v) is 61.4. The Balaban J connectivity index is 7.42. The molecule has 0 aliphatic heterocycles. The van der Waals surface area contributed by atoms with Gasteiger partial charge in [-0.05, 0) is 162 Å². The topological polar surface area (TPSA) is 131 Å². The smallest absolute Gasteiger partial charge is 0.435 e. The van der Waals surface area contributed by atoms with Gasteiger partial charge in [0.2, 0.25) is 0 Å². The van der Waals surface area contributed by atoms with Crippen molar-refractivity contribution in [1.82, 2.24) is 0 Å². The van der Waals surface area contributed by atoms with E-state index >= 15 is 0 Å². The Bertz CT molecular complexity index is 1100. The molecule has 0 aromatic heterocycles. The van der Waals surface area contributed by atoms with E-state index in [4.69, 9.17) is 50.3 Å². The minimum absolute atomic E-state index is 0.569. The first kappa shape index (κ1) is 61.5. The van der Waals surface area contributed by atoms with E-state index < -0.39 is 122 Å². The molecule has 0 aromatic carbocycles. The number of hydrogen-bond donors (Lipinski definition) is 1. The second-order valence-electron chi connectivity index (χ2n) is 20.9. The highest BCUT2D eigenvalue weighted by molar-refractivity contribution is 6.93. The predicted octanol–water partition coefficient (Wildman–Crippen LogP) is 8.40. The van der Waals surface area contributed by atoms with Crippen LogP contribution < -0.4 is 0 Å². The van der Waals surface area contributed by atoms with E-state index in [1.807, 2.05) is 6.55 Å². The minimum atomic E-state index is -3.51. The summed E-state index contributed by atoms with van der Waals surface area (Å²) in [6, 6.07) is 5.57. The van der Waals surface area contributed by atoms with Crippen molar-refractivity contribution in [2.45, 2.75) is 186 Å². The van der Waals surface area contributed by atoms with Gasteiger partial charge < -0.3 is 55.1 Å². The molecule has 13 nitrogen and oxygen atoms in total. The molecule has 0 saturated heterocycles. The molecule has 0 aromatic rings. The van der Waals surface area contributed by atoms with Crippen molar-refractivity contribution in [3.63, 3.8) is 0 Å². The van der Waals surface area contributed by atoms with Gasteiger partial charge >= 0.3 is 35.2 Å². The van der Waals surface area contributed by atoms with Crippen LogP contribution >= 0.6 is 0 Å². The first-order chi connectivity index (χ1) is 26.4. The average molecular weight is 1080 g/mol. The van der Waals surface area contributed by atoms with Gasteiger partial charge in [-0.15, -0.1) is 0 Å². The molecule has 0 bridgehead atoms. The van der Waals surface area contributed by atoms with E-state index in [9.17, 15) is 4.80 Å². The second-order valence-corrected chi connectivity index (χ2v) is 68.6. The third-order valence-corrected chi connectivity index (χ3v) is 52.7. The summed E-state index contributed by atoms with van der Waals surface area (Å²) in [6.45, 7) is 46.3. The molecule has 1 atom stereocenters. The molecule has 0 amide bonds. The van der Waals surface area contributed by atoms with Crippen LogP contribution in [0.25, 0.3) is 0 Å². The molecule has 0 fully saturated rings. The van der Waals surface area contributed by atoms with Crippen molar-refractivity contribution < 1.29 is 55.1 Å². The van der Waals surface area contributed by atoms with Crippen LogP contribution in [0.2, 0.25) is 186 Å². The van der Waals surface area contributed by atoms with Crippen LogP contribution in [0.4, 0.5) is 0 Å². The Morgan fingerprint density at radius 2 is 0.593 bits per heavy atom. The molecule has 27 heteroatoms. The predicted molar refractivity (Wildman–Crippen MR) is 282 cm³/mol. The summed E-state index contributed by atoms with van der Waals surface area (Å²) in [5, 5.41) is 0. The summed E-state index contributed by atoms with van der Waals surface area (Å²) in [6.07, 6.45) is 0.